The van der Waals surface area contributed by atoms with E-state index in [1.165, 1.54) is 23.9 Å². The van der Waals surface area contributed by atoms with E-state index in [0.29, 0.717) is 22.8 Å². The van der Waals surface area contributed by atoms with Crippen LogP contribution in [0.4, 0.5) is 0 Å². The Hall–Kier alpha value is -0.870. The van der Waals surface area contributed by atoms with Gasteiger partial charge in [-0.05, 0) is 11.5 Å². The van der Waals surface area contributed by atoms with Crippen LogP contribution in [0.15, 0.2) is 22.6 Å². The molecule has 1 aliphatic carbocycles. The van der Waals surface area contributed by atoms with Crippen LogP contribution in [0.25, 0.3) is 0 Å². The SMILES string of the molecule is CC(C)(C)C1=CC(=O)C(SCCN)=CC1=O. The second kappa shape index (κ2) is 4.97. The van der Waals surface area contributed by atoms with Crippen molar-refractivity contribution in [3.05, 3.63) is 22.6 Å². The largest absolute Gasteiger partial charge is 0.330 e. The highest BCUT2D eigenvalue weighted by Crippen LogP contribution is 2.31. The maximum Gasteiger partial charge on any atom is 0.192 e. The quantitative estimate of drug-likeness (QED) is 0.761. The highest BCUT2D eigenvalue weighted by Gasteiger charge is 2.28. The molecule has 0 spiro atoms. The van der Waals surface area contributed by atoms with Gasteiger partial charge in [0.25, 0.3) is 0 Å². The summed E-state index contributed by atoms with van der Waals surface area (Å²) in [4.78, 5) is 24.1. The van der Waals surface area contributed by atoms with E-state index in [1.54, 1.807) is 0 Å². The highest BCUT2D eigenvalue weighted by molar-refractivity contribution is 8.04. The van der Waals surface area contributed by atoms with E-state index >= 15 is 0 Å². The number of hydrogen-bond donors (Lipinski definition) is 1. The lowest BCUT2D eigenvalue weighted by atomic mass is 9.81. The Labute approximate surface area is 100 Å². The van der Waals surface area contributed by atoms with Crippen LogP contribution in [0.5, 0.6) is 0 Å². The topological polar surface area (TPSA) is 60.2 Å². The molecule has 0 heterocycles. The summed E-state index contributed by atoms with van der Waals surface area (Å²) in [6, 6.07) is 0. The average Bonchev–Trinajstić information content (AvgIpc) is 2.17. The van der Waals surface area contributed by atoms with Crippen molar-refractivity contribution in [1.29, 1.82) is 0 Å². The van der Waals surface area contributed by atoms with Gasteiger partial charge in [0.05, 0.1) is 4.91 Å². The summed E-state index contributed by atoms with van der Waals surface area (Å²) in [5, 5.41) is 0. The first-order valence-electron chi connectivity index (χ1n) is 5.21. The van der Waals surface area contributed by atoms with Gasteiger partial charge in [0.2, 0.25) is 0 Å². The molecular formula is C12H17NO2S. The maximum absolute atomic E-state index is 11.8. The molecule has 3 nitrogen and oxygen atoms in total. The molecular weight excluding hydrogens is 222 g/mol. The van der Waals surface area contributed by atoms with E-state index in [1.807, 2.05) is 20.8 Å². The summed E-state index contributed by atoms with van der Waals surface area (Å²) < 4.78 is 0. The molecule has 0 aromatic rings. The molecule has 0 aromatic carbocycles. The van der Waals surface area contributed by atoms with Gasteiger partial charge in [0.1, 0.15) is 0 Å². The smallest absolute Gasteiger partial charge is 0.192 e. The molecule has 0 bridgehead atoms. The van der Waals surface area contributed by atoms with Crippen LogP contribution in [0.2, 0.25) is 0 Å². The van der Waals surface area contributed by atoms with Crippen molar-refractivity contribution in [1.82, 2.24) is 0 Å². The summed E-state index contributed by atoms with van der Waals surface area (Å²) in [5.41, 5.74) is 5.66. The predicted molar refractivity (Wildman–Crippen MR) is 67.1 cm³/mol. The molecule has 0 saturated carbocycles. The second-order valence-corrected chi connectivity index (χ2v) is 5.82. The van der Waals surface area contributed by atoms with Crippen molar-refractivity contribution in [3.8, 4) is 0 Å². The van der Waals surface area contributed by atoms with E-state index in [4.69, 9.17) is 5.73 Å². The minimum atomic E-state index is -0.284. The minimum Gasteiger partial charge on any atom is -0.330 e. The van der Waals surface area contributed by atoms with Gasteiger partial charge in [-0.25, -0.2) is 0 Å². The van der Waals surface area contributed by atoms with Gasteiger partial charge in [0, 0.05) is 23.9 Å². The summed E-state index contributed by atoms with van der Waals surface area (Å²) in [6.07, 6.45) is 2.89. The van der Waals surface area contributed by atoms with Crippen molar-refractivity contribution < 1.29 is 9.59 Å². The van der Waals surface area contributed by atoms with Crippen molar-refractivity contribution in [2.75, 3.05) is 12.3 Å². The Bertz CT molecular complexity index is 375. The van der Waals surface area contributed by atoms with Crippen LogP contribution < -0.4 is 5.73 Å². The first kappa shape index (κ1) is 13.2. The summed E-state index contributed by atoms with van der Waals surface area (Å²) in [7, 11) is 0. The highest BCUT2D eigenvalue weighted by atomic mass is 32.2. The Kier molecular flexibility index (Phi) is 4.10. The number of hydrogen-bond acceptors (Lipinski definition) is 4. The first-order valence-corrected chi connectivity index (χ1v) is 6.20. The van der Waals surface area contributed by atoms with Gasteiger partial charge in [-0.15, -0.1) is 11.8 Å². The zero-order chi connectivity index (χ0) is 12.3. The zero-order valence-electron chi connectivity index (χ0n) is 9.87. The lowest BCUT2D eigenvalue weighted by Gasteiger charge is -2.23. The molecule has 4 heteroatoms. The zero-order valence-corrected chi connectivity index (χ0v) is 10.7. The number of allylic oxidation sites excluding steroid dienone is 4. The van der Waals surface area contributed by atoms with Gasteiger partial charge in [0.15, 0.2) is 11.6 Å². The fraction of sp³-hybridized carbons (Fsp3) is 0.500. The maximum atomic E-state index is 11.8. The molecule has 0 saturated heterocycles. The lowest BCUT2D eigenvalue weighted by Crippen LogP contribution is -2.22. The molecule has 0 radical (unpaired) electrons. The minimum absolute atomic E-state index is 0.0633. The van der Waals surface area contributed by atoms with Crippen LogP contribution in [0.1, 0.15) is 20.8 Å². The molecule has 88 valence electrons. The Morgan fingerprint density at radius 1 is 1.19 bits per heavy atom. The van der Waals surface area contributed by atoms with Crippen LogP contribution in [0.3, 0.4) is 0 Å². The summed E-state index contributed by atoms with van der Waals surface area (Å²) in [6.45, 7) is 6.28. The van der Waals surface area contributed by atoms with Crippen LogP contribution >= 0.6 is 11.8 Å². The van der Waals surface area contributed by atoms with Crippen LogP contribution in [-0.4, -0.2) is 23.9 Å². The fourth-order valence-electron chi connectivity index (χ4n) is 1.41. The molecule has 0 amide bonds. The number of carbonyl (C=O) groups excluding carboxylic acids is 2. The number of ketones is 2. The molecule has 0 atom stereocenters. The monoisotopic (exact) mass is 239 g/mol. The van der Waals surface area contributed by atoms with E-state index < -0.39 is 0 Å². The third-order valence-electron chi connectivity index (χ3n) is 2.23. The fourth-order valence-corrected chi connectivity index (χ4v) is 2.14. The third kappa shape index (κ3) is 3.06. The molecule has 0 fully saturated rings. The Morgan fingerprint density at radius 3 is 2.31 bits per heavy atom. The van der Waals surface area contributed by atoms with Crippen molar-refractivity contribution in [3.63, 3.8) is 0 Å². The molecule has 0 aromatic heterocycles. The average molecular weight is 239 g/mol. The second-order valence-electron chi connectivity index (χ2n) is 4.68. The van der Waals surface area contributed by atoms with Crippen LogP contribution in [0, 0.1) is 5.41 Å². The van der Waals surface area contributed by atoms with Crippen molar-refractivity contribution in [2.45, 2.75) is 20.8 Å². The molecule has 2 N–H and O–H groups in total. The van der Waals surface area contributed by atoms with Crippen molar-refractivity contribution in [2.24, 2.45) is 11.1 Å². The number of thioether (sulfide) groups is 1. The summed E-state index contributed by atoms with van der Waals surface area (Å²) >= 11 is 1.34. The van der Waals surface area contributed by atoms with Crippen LogP contribution in [-0.2, 0) is 9.59 Å². The standard InChI is InChI=1S/C12H17NO2S/c1-12(2,3)8-6-10(15)11(7-9(8)14)16-5-4-13/h6-7H,4-5,13H2,1-3H3. The van der Waals surface area contributed by atoms with E-state index in [2.05, 4.69) is 0 Å². The number of rotatable bonds is 3. The normalized spacial score (nSPS) is 17.2. The Balaban J connectivity index is 2.88. The molecule has 0 unspecified atom stereocenters. The van der Waals surface area contributed by atoms with Gasteiger partial charge in [-0.1, -0.05) is 20.8 Å². The lowest BCUT2D eigenvalue weighted by molar-refractivity contribution is -0.115. The number of carbonyl (C=O) groups is 2. The van der Waals surface area contributed by atoms with E-state index in [9.17, 15) is 9.59 Å². The first-order chi connectivity index (χ1) is 7.36. The molecule has 1 aliphatic rings. The predicted octanol–water partition coefficient (Wildman–Crippen LogP) is 1.69. The third-order valence-corrected chi connectivity index (χ3v) is 3.30. The molecule has 16 heavy (non-hydrogen) atoms. The molecule has 1 rings (SSSR count). The number of nitrogens with two attached hydrogens (primary N) is 1. The van der Waals surface area contributed by atoms with E-state index in [-0.39, 0.29) is 17.0 Å². The van der Waals surface area contributed by atoms with E-state index in [0.717, 1.165) is 0 Å². The van der Waals surface area contributed by atoms with Gasteiger partial charge >= 0.3 is 0 Å². The summed E-state index contributed by atoms with van der Waals surface area (Å²) in [5.74, 6) is 0.512. The molecule has 0 aliphatic heterocycles. The van der Waals surface area contributed by atoms with Gasteiger partial charge in [-0.3, -0.25) is 9.59 Å². The van der Waals surface area contributed by atoms with Gasteiger partial charge < -0.3 is 5.73 Å². The Morgan fingerprint density at radius 2 is 1.81 bits per heavy atom. The van der Waals surface area contributed by atoms with Crippen molar-refractivity contribution >= 4 is 23.3 Å². The van der Waals surface area contributed by atoms with Gasteiger partial charge in [-0.2, -0.15) is 0 Å².